The number of carboxylic acids is 1. The summed E-state index contributed by atoms with van der Waals surface area (Å²) in [5.74, 6) is -0.930. The van der Waals surface area contributed by atoms with E-state index in [4.69, 9.17) is 0 Å². The molecule has 0 spiro atoms. The molecule has 0 heterocycles. The molecule has 19 heavy (non-hydrogen) atoms. The Labute approximate surface area is 112 Å². The van der Waals surface area contributed by atoms with E-state index in [9.17, 15) is 14.7 Å². The highest BCUT2D eigenvalue weighted by Crippen LogP contribution is 2.38. The van der Waals surface area contributed by atoms with Crippen LogP contribution < -0.4 is 5.32 Å². The van der Waals surface area contributed by atoms with Crippen molar-refractivity contribution >= 4 is 11.9 Å². The van der Waals surface area contributed by atoms with Crippen LogP contribution in [-0.2, 0) is 16.0 Å². The predicted molar refractivity (Wildman–Crippen MR) is 71.7 cm³/mol. The van der Waals surface area contributed by atoms with E-state index in [1.54, 1.807) is 6.92 Å². The Hall–Kier alpha value is -1.84. The minimum atomic E-state index is -0.827. The molecule has 2 rings (SSSR count). The van der Waals surface area contributed by atoms with Gasteiger partial charge in [-0.25, -0.2) is 0 Å². The number of aliphatic carboxylic acids is 1. The number of hydrogen-bond donors (Lipinski definition) is 2. The van der Waals surface area contributed by atoms with Crippen LogP contribution in [0, 0.1) is 5.41 Å². The van der Waals surface area contributed by atoms with Crippen molar-refractivity contribution in [3.8, 4) is 0 Å². The summed E-state index contributed by atoms with van der Waals surface area (Å²) in [6.45, 7) is 1.72. The molecule has 102 valence electrons. The molecule has 1 amide bonds. The molecule has 2 atom stereocenters. The van der Waals surface area contributed by atoms with E-state index in [-0.39, 0.29) is 11.9 Å². The van der Waals surface area contributed by atoms with Gasteiger partial charge < -0.3 is 10.4 Å². The average Bonchev–Trinajstić information content (AvgIpc) is 2.73. The molecule has 0 aliphatic heterocycles. The summed E-state index contributed by atoms with van der Waals surface area (Å²) < 4.78 is 0. The Morgan fingerprint density at radius 2 is 2.05 bits per heavy atom. The van der Waals surface area contributed by atoms with E-state index in [0.717, 1.165) is 18.4 Å². The fourth-order valence-electron chi connectivity index (χ4n) is 2.68. The second-order valence-electron chi connectivity index (χ2n) is 5.40. The lowest BCUT2D eigenvalue weighted by Crippen LogP contribution is -2.47. The molecule has 1 fully saturated rings. The van der Waals surface area contributed by atoms with Gasteiger partial charge in [0.25, 0.3) is 0 Å². The molecule has 4 nitrogen and oxygen atoms in total. The first-order valence-corrected chi connectivity index (χ1v) is 6.59. The first-order chi connectivity index (χ1) is 9.02. The van der Waals surface area contributed by atoms with Gasteiger partial charge in [-0.2, -0.15) is 0 Å². The molecular formula is C15H19NO3. The highest BCUT2D eigenvalue weighted by molar-refractivity contribution is 5.81. The Morgan fingerprint density at radius 3 is 2.68 bits per heavy atom. The monoisotopic (exact) mass is 261 g/mol. The Bertz CT molecular complexity index is 472. The minimum Gasteiger partial charge on any atom is -0.481 e. The summed E-state index contributed by atoms with van der Waals surface area (Å²) in [6, 6.07) is 9.20. The maximum Gasteiger partial charge on any atom is 0.311 e. The third-order valence-corrected chi connectivity index (χ3v) is 3.99. The number of hydrogen-bond acceptors (Lipinski definition) is 2. The SMILES string of the molecule is CC1(C(=O)O)CCCC1NC(=O)Cc1ccccc1. The second-order valence-corrected chi connectivity index (χ2v) is 5.40. The highest BCUT2D eigenvalue weighted by Gasteiger charge is 2.45. The van der Waals surface area contributed by atoms with Crippen LogP contribution in [0.5, 0.6) is 0 Å². The van der Waals surface area contributed by atoms with E-state index >= 15 is 0 Å². The number of carbonyl (C=O) groups excluding carboxylic acids is 1. The van der Waals surface area contributed by atoms with Crippen LogP contribution in [-0.4, -0.2) is 23.0 Å². The fourth-order valence-corrected chi connectivity index (χ4v) is 2.68. The summed E-state index contributed by atoms with van der Waals surface area (Å²) in [7, 11) is 0. The van der Waals surface area contributed by atoms with Gasteiger partial charge in [-0.3, -0.25) is 9.59 Å². The summed E-state index contributed by atoms with van der Waals surface area (Å²) in [6.07, 6.45) is 2.51. The second kappa shape index (κ2) is 5.43. The molecule has 1 aliphatic rings. The van der Waals surface area contributed by atoms with Crippen molar-refractivity contribution in [1.29, 1.82) is 0 Å². The lowest BCUT2D eigenvalue weighted by atomic mass is 9.85. The quantitative estimate of drug-likeness (QED) is 0.871. The summed E-state index contributed by atoms with van der Waals surface area (Å²) >= 11 is 0. The zero-order valence-electron chi connectivity index (χ0n) is 11.1. The predicted octanol–water partition coefficient (Wildman–Crippen LogP) is 1.99. The van der Waals surface area contributed by atoms with E-state index in [1.165, 1.54) is 0 Å². The largest absolute Gasteiger partial charge is 0.481 e. The highest BCUT2D eigenvalue weighted by atomic mass is 16.4. The number of amides is 1. The number of benzene rings is 1. The minimum absolute atomic E-state index is 0.106. The van der Waals surface area contributed by atoms with Gasteiger partial charge in [0.2, 0.25) is 5.91 Å². The number of nitrogens with one attached hydrogen (secondary N) is 1. The first-order valence-electron chi connectivity index (χ1n) is 6.59. The normalized spacial score (nSPS) is 26.1. The Kier molecular flexibility index (Phi) is 3.88. The van der Waals surface area contributed by atoms with Crippen LogP contribution in [0.2, 0.25) is 0 Å². The molecule has 0 radical (unpaired) electrons. The first kappa shape index (κ1) is 13.6. The number of carbonyl (C=O) groups is 2. The zero-order valence-corrected chi connectivity index (χ0v) is 11.1. The van der Waals surface area contributed by atoms with E-state index < -0.39 is 11.4 Å². The van der Waals surface area contributed by atoms with Crippen molar-refractivity contribution in [2.45, 2.75) is 38.6 Å². The van der Waals surface area contributed by atoms with Crippen LogP contribution in [0.1, 0.15) is 31.7 Å². The van der Waals surface area contributed by atoms with Gasteiger partial charge in [0.15, 0.2) is 0 Å². The third kappa shape index (κ3) is 2.95. The van der Waals surface area contributed by atoms with Gasteiger partial charge >= 0.3 is 5.97 Å². The van der Waals surface area contributed by atoms with Crippen molar-refractivity contribution in [2.75, 3.05) is 0 Å². The van der Waals surface area contributed by atoms with Gasteiger partial charge in [0.05, 0.1) is 11.8 Å². The van der Waals surface area contributed by atoms with Crippen molar-refractivity contribution in [1.82, 2.24) is 5.32 Å². The lowest BCUT2D eigenvalue weighted by Gasteiger charge is -2.27. The van der Waals surface area contributed by atoms with Gasteiger partial charge in [-0.05, 0) is 25.3 Å². The molecule has 0 saturated heterocycles. The fraction of sp³-hybridized carbons (Fsp3) is 0.467. The smallest absolute Gasteiger partial charge is 0.311 e. The lowest BCUT2D eigenvalue weighted by molar-refractivity contribution is -0.149. The summed E-state index contributed by atoms with van der Waals surface area (Å²) in [5.41, 5.74) is 0.113. The molecule has 1 aliphatic carbocycles. The molecule has 0 bridgehead atoms. The van der Waals surface area contributed by atoms with E-state index in [2.05, 4.69) is 5.32 Å². The standard InChI is InChI=1S/C15H19NO3/c1-15(14(18)19)9-5-8-12(15)16-13(17)10-11-6-3-2-4-7-11/h2-4,6-7,12H,5,8-10H2,1H3,(H,16,17)(H,18,19). The summed E-state index contributed by atoms with van der Waals surface area (Å²) in [5, 5.41) is 12.2. The maximum absolute atomic E-state index is 12.0. The van der Waals surface area contributed by atoms with Gasteiger partial charge in [0.1, 0.15) is 0 Å². The Morgan fingerprint density at radius 1 is 1.37 bits per heavy atom. The molecule has 2 N–H and O–H groups in total. The third-order valence-electron chi connectivity index (χ3n) is 3.99. The van der Waals surface area contributed by atoms with Crippen LogP contribution in [0.4, 0.5) is 0 Å². The van der Waals surface area contributed by atoms with Crippen molar-refractivity contribution in [3.05, 3.63) is 35.9 Å². The van der Waals surface area contributed by atoms with Crippen LogP contribution in [0.3, 0.4) is 0 Å². The van der Waals surface area contributed by atoms with Gasteiger partial charge in [0, 0.05) is 6.04 Å². The van der Waals surface area contributed by atoms with Crippen LogP contribution >= 0.6 is 0 Å². The van der Waals surface area contributed by atoms with Crippen LogP contribution in [0.25, 0.3) is 0 Å². The van der Waals surface area contributed by atoms with Crippen molar-refractivity contribution in [3.63, 3.8) is 0 Å². The number of rotatable bonds is 4. The molecular weight excluding hydrogens is 242 g/mol. The number of carboxylic acid groups (broad SMARTS) is 1. The molecule has 4 heteroatoms. The topological polar surface area (TPSA) is 66.4 Å². The van der Waals surface area contributed by atoms with E-state index in [1.807, 2.05) is 30.3 Å². The average molecular weight is 261 g/mol. The van der Waals surface area contributed by atoms with E-state index in [0.29, 0.717) is 12.8 Å². The maximum atomic E-state index is 12.0. The molecule has 0 aromatic heterocycles. The van der Waals surface area contributed by atoms with Crippen molar-refractivity contribution in [2.24, 2.45) is 5.41 Å². The Balaban J connectivity index is 1.97. The van der Waals surface area contributed by atoms with Gasteiger partial charge in [-0.1, -0.05) is 36.8 Å². The molecule has 1 saturated carbocycles. The molecule has 1 aromatic carbocycles. The molecule has 2 unspecified atom stereocenters. The zero-order chi connectivity index (χ0) is 13.9. The van der Waals surface area contributed by atoms with Crippen LogP contribution in [0.15, 0.2) is 30.3 Å². The summed E-state index contributed by atoms with van der Waals surface area (Å²) in [4.78, 5) is 23.3. The van der Waals surface area contributed by atoms with Crippen molar-refractivity contribution < 1.29 is 14.7 Å². The van der Waals surface area contributed by atoms with Gasteiger partial charge in [-0.15, -0.1) is 0 Å². The molecule has 1 aromatic rings.